The molecule has 0 bridgehead atoms. The fourth-order valence-corrected chi connectivity index (χ4v) is 2.48. The van der Waals surface area contributed by atoms with Gasteiger partial charge in [-0.15, -0.1) is 0 Å². The van der Waals surface area contributed by atoms with Crippen molar-refractivity contribution in [2.45, 2.75) is 19.9 Å². The lowest BCUT2D eigenvalue weighted by atomic mass is 10.1. The average molecular weight is 285 g/mol. The van der Waals surface area contributed by atoms with Gasteiger partial charge in [-0.2, -0.15) is 0 Å². The number of nitrogen functional groups attached to an aromatic ring is 1. The number of nitrogens with zero attached hydrogens (tertiary/aromatic N) is 2. The van der Waals surface area contributed by atoms with E-state index in [0.717, 1.165) is 16.6 Å². The number of hydrogen-bond acceptors (Lipinski definition) is 3. The van der Waals surface area contributed by atoms with Crippen molar-refractivity contribution in [1.29, 1.82) is 0 Å². The van der Waals surface area contributed by atoms with Gasteiger partial charge in [-0.25, -0.2) is 9.37 Å². The number of phenolic OH excluding ortho intramolecular Hbond substituents is 1. The first-order chi connectivity index (χ1) is 9.97. The normalized spacial score (nSPS) is 11.4. The maximum absolute atomic E-state index is 13.5. The second kappa shape index (κ2) is 4.77. The zero-order valence-corrected chi connectivity index (χ0v) is 11.8. The topological polar surface area (TPSA) is 64.1 Å². The smallest absolute Gasteiger partial charge is 0.141 e. The van der Waals surface area contributed by atoms with Crippen LogP contribution in [0.15, 0.2) is 36.4 Å². The molecule has 0 aliphatic heterocycles. The number of hydrogen-bond donors (Lipinski definition) is 2. The molecule has 0 spiro atoms. The number of nitrogens with two attached hydrogens (primary N) is 1. The SMILES string of the molecule is CC(C)n1c(-c2ccc(N)c(O)c2)nc2ccc(F)cc21. The molecule has 0 unspecified atom stereocenters. The van der Waals surface area contributed by atoms with Crippen LogP contribution in [0.25, 0.3) is 22.4 Å². The number of benzene rings is 2. The zero-order valence-electron chi connectivity index (χ0n) is 11.8. The first kappa shape index (κ1) is 13.4. The van der Waals surface area contributed by atoms with Crippen LogP contribution in [-0.2, 0) is 0 Å². The Hall–Kier alpha value is -2.56. The van der Waals surface area contributed by atoms with E-state index in [-0.39, 0.29) is 17.6 Å². The molecule has 0 fully saturated rings. The van der Waals surface area contributed by atoms with Gasteiger partial charge in [0.2, 0.25) is 0 Å². The fourth-order valence-electron chi connectivity index (χ4n) is 2.48. The molecule has 0 saturated carbocycles. The Balaban J connectivity index is 2.30. The number of imidazole rings is 1. The molecule has 4 nitrogen and oxygen atoms in total. The van der Waals surface area contributed by atoms with Crippen molar-refractivity contribution in [2.75, 3.05) is 5.73 Å². The largest absolute Gasteiger partial charge is 0.506 e. The van der Waals surface area contributed by atoms with Gasteiger partial charge in [-0.1, -0.05) is 0 Å². The molecule has 5 heteroatoms. The molecule has 1 heterocycles. The van der Waals surface area contributed by atoms with Gasteiger partial charge >= 0.3 is 0 Å². The Kier molecular flexibility index (Phi) is 3.05. The molecule has 0 amide bonds. The summed E-state index contributed by atoms with van der Waals surface area (Å²) in [6.07, 6.45) is 0. The molecule has 108 valence electrons. The molecule has 0 radical (unpaired) electrons. The van der Waals surface area contributed by atoms with Gasteiger partial charge in [0.1, 0.15) is 17.4 Å². The number of phenols is 1. The highest BCUT2D eigenvalue weighted by molar-refractivity contribution is 5.81. The summed E-state index contributed by atoms with van der Waals surface area (Å²) in [4.78, 5) is 4.56. The van der Waals surface area contributed by atoms with Gasteiger partial charge in [-0.05, 0) is 50.2 Å². The third-order valence-corrected chi connectivity index (χ3v) is 3.46. The molecule has 3 aromatic rings. The van der Waals surface area contributed by atoms with Gasteiger partial charge < -0.3 is 15.4 Å². The van der Waals surface area contributed by atoms with Crippen LogP contribution in [0.4, 0.5) is 10.1 Å². The molecule has 2 aromatic carbocycles. The summed E-state index contributed by atoms with van der Waals surface area (Å²) in [6.45, 7) is 4.01. The van der Waals surface area contributed by atoms with E-state index < -0.39 is 0 Å². The van der Waals surface area contributed by atoms with E-state index in [1.165, 1.54) is 12.1 Å². The Bertz CT molecular complexity index is 824. The van der Waals surface area contributed by atoms with Gasteiger partial charge in [0.25, 0.3) is 0 Å². The lowest BCUT2D eigenvalue weighted by molar-refractivity contribution is 0.478. The van der Waals surface area contributed by atoms with E-state index in [1.54, 1.807) is 24.3 Å². The van der Waals surface area contributed by atoms with Gasteiger partial charge in [0, 0.05) is 11.6 Å². The van der Waals surface area contributed by atoms with Gasteiger partial charge in [0.15, 0.2) is 0 Å². The maximum atomic E-state index is 13.5. The summed E-state index contributed by atoms with van der Waals surface area (Å²) < 4.78 is 15.5. The molecular weight excluding hydrogens is 269 g/mol. The summed E-state index contributed by atoms with van der Waals surface area (Å²) in [5.41, 5.74) is 8.14. The van der Waals surface area contributed by atoms with E-state index in [1.807, 2.05) is 18.4 Å². The van der Waals surface area contributed by atoms with Crippen molar-refractivity contribution in [2.24, 2.45) is 0 Å². The van der Waals surface area contributed by atoms with Crippen molar-refractivity contribution in [1.82, 2.24) is 9.55 Å². The summed E-state index contributed by atoms with van der Waals surface area (Å²) in [7, 11) is 0. The summed E-state index contributed by atoms with van der Waals surface area (Å²) in [5.74, 6) is 0.401. The van der Waals surface area contributed by atoms with Crippen molar-refractivity contribution in [3.63, 3.8) is 0 Å². The summed E-state index contributed by atoms with van der Waals surface area (Å²) >= 11 is 0. The van der Waals surface area contributed by atoms with Crippen molar-refractivity contribution in [3.05, 3.63) is 42.2 Å². The van der Waals surface area contributed by atoms with Crippen LogP contribution in [-0.4, -0.2) is 14.7 Å². The first-order valence-electron chi connectivity index (χ1n) is 6.73. The molecule has 21 heavy (non-hydrogen) atoms. The van der Waals surface area contributed by atoms with Gasteiger partial charge in [0.05, 0.1) is 16.7 Å². The molecular formula is C16H16FN3O. The molecule has 0 aliphatic carbocycles. The molecule has 3 N–H and O–H groups in total. The minimum absolute atomic E-state index is 0.0149. The van der Waals surface area contributed by atoms with Gasteiger partial charge in [-0.3, -0.25) is 0 Å². The minimum atomic E-state index is -0.295. The Morgan fingerprint density at radius 3 is 2.62 bits per heavy atom. The third kappa shape index (κ3) is 2.20. The van der Waals surface area contributed by atoms with E-state index in [0.29, 0.717) is 11.5 Å². The van der Waals surface area contributed by atoms with Crippen molar-refractivity contribution >= 4 is 16.7 Å². The van der Waals surface area contributed by atoms with E-state index >= 15 is 0 Å². The Labute approximate surface area is 121 Å². The van der Waals surface area contributed by atoms with Crippen LogP contribution in [0.5, 0.6) is 5.75 Å². The molecule has 0 atom stereocenters. The Morgan fingerprint density at radius 1 is 1.19 bits per heavy atom. The standard InChI is InChI=1S/C16H16FN3O/c1-9(2)20-14-8-11(17)4-6-13(14)19-16(20)10-3-5-12(18)15(21)7-10/h3-9,21H,18H2,1-2H3. The molecule has 0 aliphatic rings. The third-order valence-electron chi connectivity index (χ3n) is 3.46. The van der Waals surface area contributed by atoms with Crippen LogP contribution in [0.3, 0.4) is 0 Å². The number of fused-ring (bicyclic) bond motifs is 1. The average Bonchev–Trinajstić information content (AvgIpc) is 2.80. The summed E-state index contributed by atoms with van der Waals surface area (Å²) in [6, 6.07) is 9.63. The van der Waals surface area contributed by atoms with Crippen molar-refractivity contribution < 1.29 is 9.50 Å². The predicted molar refractivity (Wildman–Crippen MR) is 81.6 cm³/mol. The molecule has 0 saturated heterocycles. The predicted octanol–water partition coefficient (Wildman–Crippen LogP) is 3.71. The first-order valence-corrected chi connectivity index (χ1v) is 6.73. The monoisotopic (exact) mass is 285 g/mol. The number of aromatic nitrogens is 2. The fraction of sp³-hybridized carbons (Fsp3) is 0.188. The highest BCUT2D eigenvalue weighted by Gasteiger charge is 2.16. The van der Waals surface area contributed by atoms with Crippen LogP contribution < -0.4 is 5.73 Å². The highest BCUT2D eigenvalue weighted by Crippen LogP contribution is 2.32. The number of aromatic hydroxyl groups is 1. The Morgan fingerprint density at radius 2 is 1.95 bits per heavy atom. The highest BCUT2D eigenvalue weighted by atomic mass is 19.1. The summed E-state index contributed by atoms with van der Waals surface area (Å²) in [5, 5.41) is 9.79. The molecule has 3 rings (SSSR count). The quantitative estimate of drug-likeness (QED) is 0.557. The lowest BCUT2D eigenvalue weighted by Gasteiger charge is -2.13. The maximum Gasteiger partial charge on any atom is 0.141 e. The van der Waals surface area contributed by atoms with E-state index in [2.05, 4.69) is 4.98 Å². The number of anilines is 1. The second-order valence-corrected chi connectivity index (χ2v) is 5.31. The zero-order chi connectivity index (χ0) is 15.1. The van der Waals surface area contributed by atoms with Crippen LogP contribution in [0.2, 0.25) is 0 Å². The van der Waals surface area contributed by atoms with Crippen LogP contribution in [0, 0.1) is 5.82 Å². The number of halogens is 1. The number of rotatable bonds is 2. The second-order valence-electron chi connectivity index (χ2n) is 5.31. The van der Waals surface area contributed by atoms with E-state index in [4.69, 9.17) is 5.73 Å². The van der Waals surface area contributed by atoms with E-state index in [9.17, 15) is 9.50 Å². The van der Waals surface area contributed by atoms with Crippen molar-refractivity contribution in [3.8, 4) is 17.1 Å². The van der Waals surface area contributed by atoms with Crippen LogP contribution >= 0.6 is 0 Å². The molecule has 1 aromatic heterocycles. The van der Waals surface area contributed by atoms with Crippen LogP contribution in [0.1, 0.15) is 19.9 Å². The lowest BCUT2D eigenvalue weighted by Crippen LogP contribution is -2.03. The minimum Gasteiger partial charge on any atom is -0.506 e.